The lowest BCUT2D eigenvalue weighted by Crippen LogP contribution is -2.63. The number of benzene rings is 1. The fourth-order valence-corrected chi connectivity index (χ4v) is 8.50. The monoisotopic (exact) mass is 482 g/mol. The van der Waals surface area contributed by atoms with Gasteiger partial charge < -0.3 is 14.2 Å². The first-order valence-electron chi connectivity index (χ1n) is 12.7. The Labute approximate surface area is 208 Å². The SMILES string of the molecule is C=C1CCC2[C@]3(C)COC(C)(C)O[C@@H]3CC[C@]2(C)[C@H]1CC(Sc1ccccc1)C1=CCOC1=O. The third kappa shape index (κ3) is 4.18. The van der Waals surface area contributed by atoms with Gasteiger partial charge in [-0.2, -0.15) is 0 Å². The molecule has 0 amide bonds. The smallest absolute Gasteiger partial charge is 0.335 e. The lowest BCUT2D eigenvalue weighted by Gasteiger charge is -2.63. The maximum Gasteiger partial charge on any atom is 0.335 e. The molecule has 2 aliphatic carbocycles. The Balaban J connectivity index is 1.45. The molecule has 1 aromatic carbocycles. The van der Waals surface area contributed by atoms with Crippen LogP contribution in [0.2, 0.25) is 0 Å². The van der Waals surface area contributed by atoms with Gasteiger partial charge in [0.15, 0.2) is 5.79 Å². The van der Waals surface area contributed by atoms with E-state index >= 15 is 0 Å². The maximum atomic E-state index is 12.6. The summed E-state index contributed by atoms with van der Waals surface area (Å²) in [6.07, 6.45) is 7.43. The molecule has 5 heteroatoms. The second-order valence-electron chi connectivity index (χ2n) is 11.6. The first kappa shape index (κ1) is 24.1. The Morgan fingerprint density at radius 1 is 1.12 bits per heavy atom. The lowest BCUT2D eigenvalue weighted by molar-refractivity contribution is -0.344. The second-order valence-corrected chi connectivity index (χ2v) is 12.8. The second kappa shape index (κ2) is 8.83. The molecule has 2 aliphatic heterocycles. The van der Waals surface area contributed by atoms with Crippen LogP contribution in [-0.4, -0.2) is 36.3 Å². The molecule has 34 heavy (non-hydrogen) atoms. The number of thioether (sulfide) groups is 1. The van der Waals surface area contributed by atoms with Crippen molar-refractivity contribution in [3.8, 4) is 0 Å². The van der Waals surface area contributed by atoms with Gasteiger partial charge in [-0.05, 0) is 81.4 Å². The highest BCUT2D eigenvalue weighted by molar-refractivity contribution is 8.00. The highest BCUT2D eigenvalue weighted by Crippen LogP contribution is 2.64. The topological polar surface area (TPSA) is 44.8 Å². The number of ether oxygens (including phenoxy) is 3. The predicted molar refractivity (Wildman–Crippen MR) is 135 cm³/mol. The number of esters is 1. The molecule has 5 rings (SSSR count). The van der Waals surface area contributed by atoms with Crippen LogP contribution in [0.3, 0.4) is 0 Å². The van der Waals surface area contributed by atoms with Crippen LogP contribution < -0.4 is 0 Å². The van der Waals surface area contributed by atoms with Gasteiger partial charge in [-0.3, -0.25) is 0 Å². The molecule has 2 saturated carbocycles. The van der Waals surface area contributed by atoms with Crippen molar-refractivity contribution in [1.82, 2.24) is 0 Å². The number of fused-ring (bicyclic) bond motifs is 3. The van der Waals surface area contributed by atoms with Crippen LogP contribution in [0, 0.1) is 22.7 Å². The van der Waals surface area contributed by atoms with Gasteiger partial charge in [0.05, 0.1) is 12.7 Å². The summed E-state index contributed by atoms with van der Waals surface area (Å²) in [5.41, 5.74) is 2.25. The van der Waals surface area contributed by atoms with E-state index in [-0.39, 0.29) is 28.2 Å². The van der Waals surface area contributed by atoms with Gasteiger partial charge in [0.25, 0.3) is 0 Å². The van der Waals surface area contributed by atoms with Crippen LogP contribution in [-0.2, 0) is 19.0 Å². The Morgan fingerprint density at radius 3 is 2.59 bits per heavy atom. The molecule has 0 radical (unpaired) electrons. The number of carbonyl (C=O) groups is 1. The molecule has 1 saturated heterocycles. The van der Waals surface area contributed by atoms with Gasteiger partial charge in [-0.15, -0.1) is 11.8 Å². The minimum atomic E-state index is -0.512. The van der Waals surface area contributed by atoms with Crippen molar-refractivity contribution in [2.24, 2.45) is 22.7 Å². The fourth-order valence-electron chi connectivity index (χ4n) is 7.25. The zero-order valence-corrected chi connectivity index (χ0v) is 21.8. The van der Waals surface area contributed by atoms with E-state index in [0.717, 1.165) is 44.3 Å². The minimum absolute atomic E-state index is 0.00486. The summed E-state index contributed by atoms with van der Waals surface area (Å²) in [4.78, 5) is 13.8. The quantitative estimate of drug-likeness (QED) is 0.270. The Hall–Kier alpha value is -1.56. The molecule has 6 atom stereocenters. The van der Waals surface area contributed by atoms with E-state index in [0.29, 0.717) is 18.4 Å². The van der Waals surface area contributed by atoms with Crippen molar-refractivity contribution < 1.29 is 19.0 Å². The average molecular weight is 483 g/mol. The first-order valence-corrected chi connectivity index (χ1v) is 13.6. The number of hydrogen-bond donors (Lipinski definition) is 0. The molecular formula is C29H38O4S. The third-order valence-corrected chi connectivity index (χ3v) is 10.3. The highest BCUT2D eigenvalue weighted by atomic mass is 32.2. The molecule has 0 aromatic heterocycles. The van der Waals surface area contributed by atoms with Crippen LogP contribution in [0.1, 0.15) is 59.8 Å². The van der Waals surface area contributed by atoms with Crippen molar-refractivity contribution in [2.45, 2.75) is 81.8 Å². The van der Waals surface area contributed by atoms with Crippen molar-refractivity contribution in [1.29, 1.82) is 0 Å². The van der Waals surface area contributed by atoms with Crippen molar-refractivity contribution in [3.05, 3.63) is 54.1 Å². The molecule has 2 unspecified atom stereocenters. The van der Waals surface area contributed by atoms with Crippen LogP contribution in [0.25, 0.3) is 0 Å². The van der Waals surface area contributed by atoms with E-state index < -0.39 is 5.79 Å². The molecule has 0 N–H and O–H groups in total. The summed E-state index contributed by atoms with van der Waals surface area (Å²) in [5.74, 6) is 0.165. The predicted octanol–water partition coefficient (Wildman–Crippen LogP) is 6.56. The minimum Gasteiger partial charge on any atom is -0.458 e. The van der Waals surface area contributed by atoms with E-state index in [4.69, 9.17) is 14.2 Å². The van der Waals surface area contributed by atoms with E-state index in [2.05, 4.69) is 44.7 Å². The molecule has 184 valence electrons. The standard InChI is InChI=1S/C29H38O4S/c1-19-11-12-24-28(4,15-13-25-29(24,5)18-32-27(2,3)33-25)22(19)17-23(21-14-16-31-26(21)30)34-20-9-7-6-8-10-20/h6-10,14,22-25H,1,11-13,15-18H2,2-5H3/t22-,23?,24?,25+,28+,29-/m0/s1. The summed E-state index contributed by atoms with van der Waals surface area (Å²) in [7, 11) is 0. The van der Waals surface area contributed by atoms with Gasteiger partial charge in [0.2, 0.25) is 0 Å². The highest BCUT2D eigenvalue weighted by Gasteiger charge is 2.61. The Kier molecular flexibility index (Phi) is 6.27. The van der Waals surface area contributed by atoms with Gasteiger partial charge in [0, 0.05) is 21.1 Å². The van der Waals surface area contributed by atoms with Crippen molar-refractivity contribution in [3.63, 3.8) is 0 Å². The maximum absolute atomic E-state index is 12.6. The van der Waals surface area contributed by atoms with Crippen LogP contribution in [0.4, 0.5) is 0 Å². The van der Waals surface area contributed by atoms with Crippen LogP contribution in [0.5, 0.6) is 0 Å². The molecule has 4 aliphatic rings. The zero-order valence-electron chi connectivity index (χ0n) is 21.0. The van der Waals surface area contributed by atoms with Gasteiger partial charge >= 0.3 is 5.97 Å². The lowest BCUT2D eigenvalue weighted by atomic mass is 9.46. The van der Waals surface area contributed by atoms with Crippen LogP contribution in [0.15, 0.2) is 59.0 Å². The van der Waals surface area contributed by atoms with Crippen molar-refractivity contribution >= 4 is 17.7 Å². The summed E-state index contributed by atoms with van der Waals surface area (Å²) in [6, 6.07) is 10.4. The Bertz CT molecular complexity index is 985. The summed E-state index contributed by atoms with van der Waals surface area (Å²) < 4.78 is 18.0. The third-order valence-electron chi connectivity index (χ3n) is 9.04. The molecule has 0 spiro atoms. The average Bonchev–Trinajstić information content (AvgIpc) is 3.22. The number of carbonyl (C=O) groups excluding carboxylic acids is 1. The summed E-state index contributed by atoms with van der Waals surface area (Å²) in [6.45, 7) is 14.6. The summed E-state index contributed by atoms with van der Waals surface area (Å²) >= 11 is 1.79. The van der Waals surface area contributed by atoms with Crippen LogP contribution >= 0.6 is 11.8 Å². The van der Waals surface area contributed by atoms with Crippen molar-refractivity contribution in [2.75, 3.05) is 13.2 Å². The number of hydrogen-bond acceptors (Lipinski definition) is 5. The number of cyclic esters (lactones) is 1. The van der Waals surface area contributed by atoms with E-state index in [1.165, 1.54) is 10.5 Å². The number of allylic oxidation sites excluding steroid dienone is 1. The first-order chi connectivity index (χ1) is 16.1. The Morgan fingerprint density at radius 2 is 1.88 bits per heavy atom. The molecular weight excluding hydrogens is 444 g/mol. The molecule has 3 fully saturated rings. The van der Waals surface area contributed by atoms with Gasteiger partial charge in [0.1, 0.15) is 6.61 Å². The van der Waals surface area contributed by atoms with E-state index in [9.17, 15) is 4.79 Å². The summed E-state index contributed by atoms with van der Waals surface area (Å²) in [5, 5.41) is 0.0537. The van der Waals surface area contributed by atoms with E-state index in [1.807, 2.05) is 26.0 Å². The zero-order chi connectivity index (χ0) is 24.1. The normalized spacial score (nSPS) is 37.9. The fraction of sp³-hybridized carbons (Fsp3) is 0.621. The molecule has 0 bridgehead atoms. The number of rotatable bonds is 5. The van der Waals surface area contributed by atoms with Gasteiger partial charge in [-0.1, -0.05) is 44.2 Å². The molecule has 1 aromatic rings. The van der Waals surface area contributed by atoms with Gasteiger partial charge in [-0.25, -0.2) is 4.79 Å². The largest absolute Gasteiger partial charge is 0.458 e. The molecule has 2 heterocycles. The van der Waals surface area contributed by atoms with E-state index in [1.54, 1.807) is 11.8 Å². The molecule has 4 nitrogen and oxygen atoms in total.